The van der Waals surface area contributed by atoms with Gasteiger partial charge in [0.1, 0.15) is 11.6 Å². The Balaban J connectivity index is 1.28. The predicted molar refractivity (Wildman–Crippen MR) is 116 cm³/mol. The van der Waals surface area contributed by atoms with Crippen molar-refractivity contribution in [1.82, 2.24) is 19.9 Å². The van der Waals surface area contributed by atoms with Crippen LogP contribution in [0.3, 0.4) is 0 Å². The molecule has 1 aliphatic heterocycles. The number of benzene rings is 2. The number of aromatic nitrogens is 2. The van der Waals surface area contributed by atoms with Crippen molar-refractivity contribution in [2.24, 2.45) is 0 Å². The first-order chi connectivity index (χ1) is 15.0. The van der Waals surface area contributed by atoms with E-state index in [-0.39, 0.29) is 18.1 Å². The third-order valence-corrected chi connectivity index (χ3v) is 5.85. The molecule has 1 aromatic heterocycles. The molecule has 31 heavy (non-hydrogen) atoms. The molecule has 9 heteroatoms. The van der Waals surface area contributed by atoms with E-state index in [0.29, 0.717) is 35.8 Å². The molecule has 3 aromatic rings. The Morgan fingerprint density at radius 1 is 1.16 bits per heavy atom. The molecule has 0 bridgehead atoms. The Kier molecular flexibility index (Phi) is 6.62. The van der Waals surface area contributed by atoms with Crippen molar-refractivity contribution >= 4 is 21.8 Å². The number of hydrogen-bond donors (Lipinski definition) is 0. The molecule has 1 fully saturated rings. The van der Waals surface area contributed by atoms with Gasteiger partial charge in [-0.15, -0.1) is 0 Å². The van der Waals surface area contributed by atoms with Crippen LogP contribution in [0.25, 0.3) is 11.4 Å². The van der Waals surface area contributed by atoms with Crippen molar-refractivity contribution in [3.8, 4) is 17.1 Å². The molecule has 0 radical (unpaired) electrons. The van der Waals surface area contributed by atoms with Crippen LogP contribution in [0.1, 0.15) is 11.5 Å². The average Bonchev–Trinajstić information content (AvgIpc) is 3.25. The Hall–Kier alpha value is -2.78. The number of halogens is 2. The van der Waals surface area contributed by atoms with E-state index < -0.39 is 0 Å². The van der Waals surface area contributed by atoms with Crippen molar-refractivity contribution in [2.45, 2.75) is 13.0 Å². The van der Waals surface area contributed by atoms with Crippen LogP contribution < -0.4 is 4.74 Å². The van der Waals surface area contributed by atoms with E-state index in [0.717, 1.165) is 30.0 Å². The van der Waals surface area contributed by atoms with Crippen molar-refractivity contribution in [1.29, 1.82) is 0 Å². The molecular formula is C22H22BrFN4O3. The van der Waals surface area contributed by atoms with Crippen LogP contribution >= 0.6 is 15.9 Å². The maximum absolute atomic E-state index is 13.4. The first kappa shape index (κ1) is 21.5. The van der Waals surface area contributed by atoms with E-state index in [9.17, 15) is 9.18 Å². The number of piperazine rings is 1. The molecule has 162 valence electrons. The fraction of sp³-hybridized carbons (Fsp3) is 0.318. The lowest BCUT2D eigenvalue weighted by Gasteiger charge is -2.34. The van der Waals surface area contributed by atoms with Gasteiger partial charge < -0.3 is 14.2 Å². The van der Waals surface area contributed by atoms with E-state index >= 15 is 0 Å². The highest BCUT2D eigenvalue weighted by atomic mass is 79.9. The summed E-state index contributed by atoms with van der Waals surface area (Å²) < 4.78 is 24.3. The van der Waals surface area contributed by atoms with E-state index in [4.69, 9.17) is 9.26 Å². The van der Waals surface area contributed by atoms with Gasteiger partial charge in [-0.25, -0.2) is 4.39 Å². The quantitative estimate of drug-likeness (QED) is 0.528. The topological polar surface area (TPSA) is 71.7 Å². The number of methoxy groups -OCH3 is 1. The molecule has 1 saturated heterocycles. The zero-order valence-corrected chi connectivity index (χ0v) is 18.6. The Morgan fingerprint density at radius 2 is 1.90 bits per heavy atom. The molecular weight excluding hydrogens is 467 g/mol. The van der Waals surface area contributed by atoms with E-state index in [1.54, 1.807) is 19.2 Å². The first-order valence-electron chi connectivity index (χ1n) is 9.93. The summed E-state index contributed by atoms with van der Waals surface area (Å²) in [6, 6.07) is 12.1. The molecule has 0 spiro atoms. The number of nitrogens with zero attached hydrogens (tertiary/aromatic N) is 4. The largest absolute Gasteiger partial charge is 0.497 e. The van der Waals surface area contributed by atoms with Crippen LogP contribution in [0, 0.1) is 5.82 Å². The summed E-state index contributed by atoms with van der Waals surface area (Å²) in [5.74, 6) is 1.56. The minimum Gasteiger partial charge on any atom is -0.497 e. The van der Waals surface area contributed by atoms with Crippen LogP contribution in [-0.2, 0) is 17.8 Å². The molecule has 0 aliphatic carbocycles. The van der Waals surface area contributed by atoms with Gasteiger partial charge in [-0.1, -0.05) is 11.2 Å². The average molecular weight is 489 g/mol. The van der Waals surface area contributed by atoms with E-state index in [1.807, 2.05) is 29.2 Å². The smallest absolute Gasteiger partial charge is 0.241 e. The number of ether oxygens (including phenoxy) is 1. The standard InChI is InChI=1S/C22H22BrFN4O3/c1-30-17-5-3-16(4-6-17)22-25-20(31-26-22)14-27-8-10-28(11-9-27)21(29)13-15-2-7-19(24)18(23)12-15/h2-7,12H,8-11,13-14H2,1H3. The fourth-order valence-electron chi connectivity index (χ4n) is 3.46. The van der Waals surface area contributed by atoms with Gasteiger partial charge in [0.25, 0.3) is 0 Å². The van der Waals surface area contributed by atoms with Crippen LogP contribution in [0.4, 0.5) is 4.39 Å². The zero-order valence-electron chi connectivity index (χ0n) is 17.1. The second-order valence-corrected chi connectivity index (χ2v) is 8.18. The molecule has 2 heterocycles. The van der Waals surface area contributed by atoms with Crippen LogP contribution in [0.5, 0.6) is 5.75 Å². The van der Waals surface area contributed by atoms with Gasteiger partial charge in [0.2, 0.25) is 17.6 Å². The van der Waals surface area contributed by atoms with Crippen molar-refractivity contribution in [3.63, 3.8) is 0 Å². The number of carbonyl (C=O) groups excluding carboxylic acids is 1. The minimum absolute atomic E-state index is 0.0396. The second-order valence-electron chi connectivity index (χ2n) is 7.32. The number of rotatable bonds is 6. The lowest BCUT2D eigenvalue weighted by atomic mass is 10.1. The lowest BCUT2D eigenvalue weighted by molar-refractivity contribution is -0.132. The van der Waals surface area contributed by atoms with Gasteiger partial charge in [-0.2, -0.15) is 4.98 Å². The SMILES string of the molecule is COc1ccc(-c2noc(CN3CCN(C(=O)Cc4ccc(F)c(Br)c4)CC3)n2)cc1. The predicted octanol–water partition coefficient (Wildman–Crippen LogP) is 3.53. The monoisotopic (exact) mass is 488 g/mol. The van der Waals surface area contributed by atoms with Gasteiger partial charge in [-0.05, 0) is 57.9 Å². The van der Waals surface area contributed by atoms with Crippen LogP contribution in [0.15, 0.2) is 51.5 Å². The lowest BCUT2D eigenvalue weighted by Crippen LogP contribution is -2.48. The van der Waals surface area contributed by atoms with Gasteiger partial charge in [-0.3, -0.25) is 9.69 Å². The second kappa shape index (κ2) is 9.57. The van der Waals surface area contributed by atoms with Crippen molar-refractivity contribution in [3.05, 3.63) is 64.2 Å². The van der Waals surface area contributed by atoms with Gasteiger partial charge in [0.15, 0.2) is 0 Å². The molecule has 0 unspecified atom stereocenters. The third-order valence-electron chi connectivity index (χ3n) is 5.24. The maximum atomic E-state index is 13.4. The summed E-state index contributed by atoms with van der Waals surface area (Å²) in [5.41, 5.74) is 1.65. The highest BCUT2D eigenvalue weighted by molar-refractivity contribution is 9.10. The van der Waals surface area contributed by atoms with Gasteiger partial charge >= 0.3 is 0 Å². The highest BCUT2D eigenvalue weighted by Gasteiger charge is 2.23. The molecule has 2 aromatic carbocycles. The fourth-order valence-corrected chi connectivity index (χ4v) is 3.89. The van der Waals surface area contributed by atoms with E-state index in [2.05, 4.69) is 31.0 Å². The van der Waals surface area contributed by atoms with E-state index in [1.165, 1.54) is 6.07 Å². The molecule has 1 aliphatic rings. The Morgan fingerprint density at radius 3 is 2.58 bits per heavy atom. The van der Waals surface area contributed by atoms with Gasteiger partial charge in [0.05, 0.1) is 24.5 Å². The van der Waals surface area contributed by atoms with Crippen molar-refractivity contribution < 1.29 is 18.4 Å². The summed E-state index contributed by atoms with van der Waals surface area (Å²) in [6.07, 6.45) is 0.258. The first-order valence-corrected chi connectivity index (χ1v) is 10.7. The van der Waals surface area contributed by atoms with Gasteiger partial charge in [0, 0.05) is 31.7 Å². The highest BCUT2D eigenvalue weighted by Crippen LogP contribution is 2.21. The molecule has 1 amide bonds. The zero-order chi connectivity index (χ0) is 21.8. The molecule has 0 saturated carbocycles. The molecule has 7 nitrogen and oxygen atoms in total. The van der Waals surface area contributed by atoms with Crippen molar-refractivity contribution in [2.75, 3.05) is 33.3 Å². The summed E-state index contributed by atoms with van der Waals surface area (Å²) in [6.45, 7) is 3.23. The van der Waals surface area contributed by atoms with Crippen LogP contribution in [-0.4, -0.2) is 59.1 Å². The third kappa shape index (κ3) is 5.29. The summed E-state index contributed by atoms with van der Waals surface area (Å²) >= 11 is 3.16. The summed E-state index contributed by atoms with van der Waals surface area (Å²) in [4.78, 5) is 21.1. The number of amides is 1. The Labute approximate surface area is 187 Å². The molecule has 0 N–H and O–H groups in total. The number of hydrogen-bond acceptors (Lipinski definition) is 6. The summed E-state index contributed by atoms with van der Waals surface area (Å²) in [7, 11) is 1.62. The minimum atomic E-state index is -0.332. The maximum Gasteiger partial charge on any atom is 0.241 e. The normalized spacial score (nSPS) is 14.6. The summed E-state index contributed by atoms with van der Waals surface area (Å²) in [5, 5.41) is 4.06. The number of carbonyl (C=O) groups is 1. The molecule has 4 rings (SSSR count). The molecule has 0 atom stereocenters. The Bertz CT molecular complexity index is 1050. The van der Waals surface area contributed by atoms with Crippen LogP contribution in [0.2, 0.25) is 0 Å².